The molecule has 0 unspecified atom stereocenters. The van der Waals surface area contributed by atoms with Gasteiger partial charge in [-0.15, -0.1) is 0 Å². The van der Waals surface area contributed by atoms with Crippen molar-refractivity contribution in [2.24, 2.45) is 0 Å². The highest BCUT2D eigenvalue weighted by Crippen LogP contribution is 2.40. The molecule has 8 nitrogen and oxygen atoms in total. The topological polar surface area (TPSA) is 88.0 Å². The van der Waals surface area contributed by atoms with E-state index >= 15 is 0 Å². The van der Waals surface area contributed by atoms with Crippen LogP contribution in [-0.4, -0.2) is 54.7 Å². The van der Waals surface area contributed by atoms with Crippen molar-refractivity contribution in [3.8, 4) is 0 Å². The quantitative estimate of drug-likeness (QED) is 0.637. The summed E-state index contributed by atoms with van der Waals surface area (Å²) in [6, 6.07) is 1.21. The maximum absolute atomic E-state index is 14.7. The van der Waals surface area contributed by atoms with Crippen LogP contribution in [0.3, 0.4) is 0 Å². The molecule has 1 saturated carbocycles. The highest BCUT2D eigenvalue weighted by atomic mass is 19.1. The number of nitrogens with zero attached hydrogens (tertiary/aromatic N) is 3. The van der Waals surface area contributed by atoms with Gasteiger partial charge in [-0.25, -0.2) is 9.18 Å². The van der Waals surface area contributed by atoms with Crippen LogP contribution < -0.4 is 10.2 Å². The third kappa shape index (κ3) is 3.66. The number of hydrogen-bond donors (Lipinski definition) is 1. The standard InChI is InChI=1S/C17H23FN4O4/c1-3-26-17(23)21-8-6-20(7-9-21)16-11(2)15(19-12-4-5-12)14(22(24)25)10-13(16)18/h10,12,19H,3-9H2,1-2H3. The summed E-state index contributed by atoms with van der Waals surface area (Å²) in [7, 11) is 0. The van der Waals surface area contributed by atoms with Gasteiger partial charge in [-0.2, -0.15) is 0 Å². The van der Waals surface area contributed by atoms with E-state index in [1.807, 2.05) is 4.90 Å². The Kier molecular flexibility index (Phi) is 5.15. The van der Waals surface area contributed by atoms with E-state index in [2.05, 4.69) is 5.32 Å². The maximum Gasteiger partial charge on any atom is 0.409 e. The minimum absolute atomic E-state index is 0.214. The number of halogens is 1. The summed E-state index contributed by atoms with van der Waals surface area (Å²) in [5.41, 5.74) is 1.05. The first-order chi connectivity index (χ1) is 12.4. The van der Waals surface area contributed by atoms with Gasteiger partial charge in [-0.05, 0) is 26.7 Å². The lowest BCUT2D eigenvalue weighted by atomic mass is 10.1. The molecule has 1 aromatic rings. The maximum atomic E-state index is 14.7. The number of rotatable bonds is 5. The normalized spacial score (nSPS) is 17.2. The molecule has 2 aliphatic rings. The van der Waals surface area contributed by atoms with E-state index < -0.39 is 10.7 Å². The highest BCUT2D eigenvalue weighted by molar-refractivity contribution is 5.77. The second-order valence-electron chi connectivity index (χ2n) is 6.57. The zero-order valence-electron chi connectivity index (χ0n) is 15.0. The van der Waals surface area contributed by atoms with Gasteiger partial charge in [-0.1, -0.05) is 0 Å². The Morgan fingerprint density at radius 1 is 1.38 bits per heavy atom. The zero-order chi connectivity index (χ0) is 18.8. The molecule has 3 rings (SSSR count). The summed E-state index contributed by atoms with van der Waals surface area (Å²) in [5.74, 6) is -0.611. The molecule has 2 fully saturated rings. The van der Waals surface area contributed by atoms with Crippen LogP contribution in [0.25, 0.3) is 0 Å². The summed E-state index contributed by atoms with van der Waals surface area (Å²) in [6.45, 7) is 5.48. The van der Waals surface area contributed by atoms with E-state index in [1.54, 1.807) is 18.7 Å². The fourth-order valence-electron chi connectivity index (χ4n) is 3.22. The number of carbonyl (C=O) groups excluding carboxylic acids is 1. The third-order valence-electron chi connectivity index (χ3n) is 4.72. The van der Waals surface area contributed by atoms with Gasteiger partial charge >= 0.3 is 6.09 Å². The number of anilines is 2. The van der Waals surface area contributed by atoms with Crippen molar-refractivity contribution in [2.75, 3.05) is 43.0 Å². The molecule has 1 N–H and O–H groups in total. The number of amides is 1. The molecule has 0 bridgehead atoms. The second kappa shape index (κ2) is 7.35. The van der Waals surface area contributed by atoms with E-state index in [-0.39, 0.29) is 17.8 Å². The molecule has 1 amide bonds. The summed E-state index contributed by atoms with van der Waals surface area (Å²) in [6.07, 6.45) is 1.55. The zero-order valence-corrected chi connectivity index (χ0v) is 15.0. The summed E-state index contributed by atoms with van der Waals surface area (Å²) in [5, 5.41) is 14.5. The lowest BCUT2D eigenvalue weighted by Crippen LogP contribution is -2.49. The first kappa shape index (κ1) is 18.2. The van der Waals surface area contributed by atoms with Crippen LogP contribution in [0.1, 0.15) is 25.3 Å². The van der Waals surface area contributed by atoms with Crippen LogP contribution >= 0.6 is 0 Å². The molecular weight excluding hydrogens is 343 g/mol. The van der Waals surface area contributed by atoms with E-state index in [1.165, 1.54) is 0 Å². The number of nitro benzene ring substituents is 1. The van der Waals surface area contributed by atoms with Crippen molar-refractivity contribution in [2.45, 2.75) is 32.7 Å². The third-order valence-corrected chi connectivity index (χ3v) is 4.72. The summed E-state index contributed by atoms with van der Waals surface area (Å²) < 4.78 is 19.7. The number of hydrogen-bond acceptors (Lipinski definition) is 6. The van der Waals surface area contributed by atoms with Crippen LogP contribution in [0.15, 0.2) is 6.07 Å². The van der Waals surface area contributed by atoms with E-state index in [9.17, 15) is 19.3 Å². The monoisotopic (exact) mass is 366 g/mol. The Labute approximate surface area is 151 Å². The van der Waals surface area contributed by atoms with Crippen molar-refractivity contribution in [1.29, 1.82) is 0 Å². The molecule has 1 saturated heterocycles. The predicted octanol–water partition coefficient (Wildman–Crippen LogP) is 2.90. The predicted molar refractivity (Wildman–Crippen MR) is 95.2 cm³/mol. The van der Waals surface area contributed by atoms with Crippen molar-refractivity contribution in [1.82, 2.24) is 4.90 Å². The molecular formula is C17H23FN4O4. The minimum atomic E-state index is -0.611. The molecule has 0 atom stereocenters. The van der Waals surface area contributed by atoms with Crippen molar-refractivity contribution in [3.63, 3.8) is 0 Å². The first-order valence-corrected chi connectivity index (χ1v) is 8.83. The average Bonchev–Trinajstić information content (AvgIpc) is 3.42. The van der Waals surface area contributed by atoms with Gasteiger partial charge in [0, 0.05) is 37.8 Å². The van der Waals surface area contributed by atoms with Gasteiger partial charge in [0.15, 0.2) is 5.82 Å². The summed E-state index contributed by atoms with van der Waals surface area (Å²) in [4.78, 5) is 26.0. The average molecular weight is 366 g/mol. The molecule has 26 heavy (non-hydrogen) atoms. The number of benzene rings is 1. The fraction of sp³-hybridized carbons (Fsp3) is 0.588. The van der Waals surface area contributed by atoms with Gasteiger partial charge in [0.1, 0.15) is 5.69 Å². The van der Waals surface area contributed by atoms with Crippen LogP contribution in [0, 0.1) is 22.9 Å². The fourth-order valence-corrected chi connectivity index (χ4v) is 3.22. The minimum Gasteiger partial charge on any atom is -0.450 e. The molecule has 9 heteroatoms. The highest BCUT2D eigenvalue weighted by Gasteiger charge is 2.31. The van der Waals surface area contributed by atoms with Gasteiger partial charge < -0.3 is 19.9 Å². The van der Waals surface area contributed by atoms with E-state index in [0.717, 1.165) is 18.9 Å². The molecule has 142 valence electrons. The Morgan fingerprint density at radius 3 is 2.58 bits per heavy atom. The lowest BCUT2D eigenvalue weighted by Gasteiger charge is -2.36. The number of nitro groups is 1. The van der Waals surface area contributed by atoms with Crippen LogP contribution in [0.4, 0.5) is 26.2 Å². The Morgan fingerprint density at radius 2 is 2.04 bits per heavy atom. The molecule has 1 aliphatic heterocycles. The Hall–Kier alpha value is -2.58. The van der Waals surface area contributed by atoms with Crippen LogP contribution in [0.2, 0.25) is 0 Å². The SMILES string of the molecule is CCOC(=O)N1CCN(c2c(F)cc([N+](=O)[O-])c(NC3CC3)c2C)CC1. The number of nitrogens with one attached hydrogen (secondary N) is 1. The van der Waals surface area contributed by atoms with Crippen molar-refractivity contribution >= 4 is 23.2 Å². The van der Waals surface area contributed by atoms with Gasteiger partial charge in [0.2, 0.25) is 0 Å². The van der Waals surface area contributed by atoms with Gasteiger partial charge in [0.25, 0.3) is 5.69 Å². The molecule has 0 aromatic heterocycles. The van der Waals surface area contributed by atoms with Crippen molar-refractivity contribution in [3.05, 3.63) is 27.6 Å². The largest absolute Gasteiger partial charge is 0.450 e. The van der Waals surface area contributed by atoms with Gasteiger partial charge in [0.05, 0.1) is 23.3 Å². The molecule has 0 radical (unpaired) electrons. The first-order valence-electron chi connectivity index (χ1n) is 8.83. The Bertz CT molecular complexity index is 715. The number of piperazine rings is 1. The van der Waals surface area contributed by atoms with Crippen molar-refractivity contribution < 1.29 is 18.8 Å². The molecule has 1 heterocycles. The Balaban J connectivity index is 1.84. The lowest BCUT2D eigenvalue weighted by molar-refractivity contribution is -0.384. The smallest absolute Gasteiger partial charge is 0.409 e. The van der Waals surface area contributed by atoms with E-state index in [0.29, 0.717) is 49.7 Å². The molecule has 1 aliphatic carbocycles. The number of ether oxygens (including phenoxy) is 1. The summed E-state index contributed by atoms with van der Waals surface area (Å²) >= 11 is 0. The van der Waals surface area contributed by atoms with E-state index in [4.69, 9.17) is 4.74 Å². The van der Waals surface area contributed by atoms with Crippen LogP contribution in [0.5, 0.6) is 0 Å². The molecule has 1 aromatic carbocycles. The second-order valence-corrected chi connectivity index (χ2v) is 6.57. The number of carbonyl (C=O) groups is 1. The molecule has 0 spiro atoms. The van der Waals surface area contributed by atoms with Crippen LogP contribution in [-0.2, 0) is 4.74 Å². The van der Waals surface area contributed by atoms with Gasteiger partial charge in [-0.3, -0.25) is 10.1 Å².